The zero-order chi connectivity index (χ0) is 12.3. The molecular formula is C10H14Cl2O4. The molecule has 0 radical (unpaired) electrons. The second-order valence-corrected chi connectivity index (χ2v) is 5.44. The number of hydrogen-bond donors (Lipinski definition) is 2. The van der Waals surface area contributed by atoms with Crippen LogP contribution in [0.15, 0.2) is 0 Å². The lowest BCUT2D eigenvalue weighted by Crippen LogP contribution is -2.30. The summed E-state index contributed by atoms with van der Waals surface area (Å²) in [6.07, 6.45) is 2.60. The van der Waals surface area contributed by atoms with Crippen molar-refractivity contribution in [3.8, 4) is 0 Å². The van der Waals surface area contributed by atoms with E-state index < -0.39 is 11.9 Å². The molecule has 2 fully saturated rings. The minimum absolute atomic E-state index is 0.121. The van der Waals surface area contributed by atoms with E-state index in [1.165, 1.54) is 0 Å². The first-order valence-electron chi connectivity index (χ1n) is 5.14. The van der Waals surface area contributed by atoms with Gasteiger partial charge in [0.15, 0.2) is 0 Å². The summed E-state index contributed by atoms with van der Waals surface area (Å²) in [5.74, 6) is -1.72. The Hall–Kier alpha value is -0.480. The van der Waals surface area contributed by atoms with Gasteiger partial charge in [-0.2, -0.15) is 0 Å². The molecule has 2 N–H and O–H groups in total. The zero-order valence-corrected chi connectivity index (χ0v) is 10.1. The van der Waals surface area contributed by atoms with Gasteiger partial charge in [0, 0.05) is 10.8 Å². The molecule has 4 nitrogen and oxygen atoms in total. The summed E-state index contributed by atoms with van der Waals surface area (Å²) in [6, 6.07) is 0. The normalized spacial score (nSPS) is 36.1. The molecule has 2 saturated carbocycles. The third-order valence-electron chi connectivity index (χ3n) is 2.86. The highest BCUT2D eigenvalue weighted by Crippen LogP contribution is 2.32. The third kappa shape index (κ3) is 3.83. The van der Waals surface area contributed by atoms with Gasteiger partial charge in [0.25, 0.3) is 0 Å². The highest BCUT2D eigenvalue weighted by atomic mass is 35.5. The van der Waals surface area contributed by atoms with Crippen molar-refractivity contribution in [2.24, 2.45) is 11.8 Å². The van der Waals surface area contributed by atoms with Crippen LogP contribution in [0.1, 0.15) is 25.7 Å². The summed E-state index contributed by atoms with van der Waals surface area (Å²) in [5, 5.41) is 16.8. The number of hydrogen-bond acceptors (Lipinski definition) is 2. The van der Waals surface area contributed by atoms with Gasteiger partial charge < -0.3 is 10.2 Å². The van der Waals surface area contributed by atoms with E-state index >= 15 is 0 Å². The number of carboxylic acids is 2. The maximum atomic E-state index is 10.1. The summed E-state index contributed by atoms with van der Waals surface area (Å²) in [7, 11) is 0. The van der Waals surface area contributed by atoms with Crippen molar-refractivity contribution in [1.82, 2.24) is 0 Å². The predicted octanol–water partition coefficient (Wildman–Crippen LogP) is 2.18. The fourth-order valence-electron chi connectivity index (χ4n) is 1.50. The average molecular weight is 269 g/mol. The van der Waals surface area contributed by atoms with Crippen LogP contribution < -0.4 is 0 Å². The molecule has 0 spiro atoms. The van der Waals surface area contributed by atoms with Crippen LogP contribution in [0.5, 0.6) is 0 Å². The lowest BCUT2D eigenvalue weighted by atomic mass is 9.85. The van der Waals surface area contributed by atoms with Gasteiger partial charge in [0.05, 0.1) is 11.8 Å². The van der Waals surface area contributed by atoms with Crippen LogP contribution >= 0.6 is 23.2 Å². The van der Waals surface area contributed by atoms with E-state index in [4.69, 9.17) is 33.4 Å². The predicted molar refractivity (Wildman–Crippen MR) is 60.0 cm³/mol. The van der Waals surface area contributed by atoms with Gasteiger partial charge in [-0.15, -0.1) is 23.2 Å². The monoisotopic (exact) mass is 268 g/mol. The molecule has 0 bridgehead atoms. The highest BCUT2D eigenvalue weighted by molar-refractivity contribution is 6.21. The van der Waals surface area contributed by atoms with Gasteiger partial charge in [-0.05, 0) is 25.7 Å². The number of aliphatic carboxylic acids is 2. The summed E-state index contributed by atoms with van der Waals surface area (Å²) in [4.78, 5) is 20.1. The second-order valence-electron chi connectivity index (χ2n) is 4.21. The SMILES string of the molecule is O=C(O)C1CC(Cl)C1.O=C(O)C1CC(Cl)C1. The Morgan fingerprint density at radius 1 is 0.812 bits per heavy atom. The number of halogens is 2. The van der Waals surface area contributed by atoms with E-state index in [-0.39, 0.29) is 22.6 Å². The van der Waals surface area contributed by atoms with Gasteiger partial charge in [-0.1, -0.05) is 0 Å². The van der Waals surface area contributed by atoms with Crippen LogP contribution in [0.4, 0.5) is 0 Å². The molecule has 0 amide bonds. The molecule has 6 heteroatoms. The Bertz CT molecular complexity index is 242. The third-order valence-corrected chi connectivity index (χ3v) is 3.57. The van der Waals surface area contributed by atoms with Gasteiger partial charge in [-0.25, -0.2) is 0 Å². The molecule has 0 aliphatic heterocycles. The molecule has 0 aromatic rings. The highest BCUT2D eigenvalue weighted by Gasteiger charge is 2.33. The molecule has 2 rings (SSSR count). The summed E-state index contributed by atoms with van der Waals surface area (Å²) in [6.45, 7) is 0. The number of carbonyl (C=O) groups is 2. The molecule has 0 saturated heterocycles. The standard InChI is InChI=1S/2C5H7ClO2/c2*6-4-1-3(2-4)5(7)8/h2*3-4H,1-2H2,(H,7,8). The molecule has 0 atom stereocenters. The minimum Gasteiger partial charge on any atom is -0.481 e. The van der Waals surface area contributed by atoms with Crippen molar-refractivity contribution < 1.29 is 19.8 Å². The van der Waals surface area contributed by atoms with Crippen LogP contribution in [0.3, 0.4) is 0 Å². The van der Waals surface area contributed by atoms with Gasteiger partial charge >= 0.3 is 11.9 Å². The largest absolute Gasteiger partial charge is 0.481 e. The Morgan fingerprint density at radius 3 is 1.12 bits per heavy atom. The topological polar surface area (TPSA) is 74.6 Å². The molecule has 0 heterocycles. The number of carboxylic acid groups (broad SMARTS) is 2. The van der Waals surface area contributed by atoms with E-state index in [9.17, 15) is 9.59 Å². The van der Waals surface area contributed by atoms with E-state index in [2.05, 4.69) is 0 Å². The molecule has 2 aliphatic rings. The van der Waals surface area contributed by atoms with Crippen molar-refractivity contribution in [1.29, 1.82) is 0 Å². The second kappa shape index (κ2) is 5.73. The summed E-state index contributed by atoms with van der Waals surface area (Å²) >= 11 is 11.0. The van der Waals surface area contributed by atoms with Crippen LogP contribution in [-0.4, -0.2) is 32.9 Å². The fraction of sp³-hybridized carbons (Fsp3) is 0.800. The smallest absolute Gasteiger partial charge is 0.306 e. The maximum Gasteiger partial charge on any atom is 0.306 e. The first-order valence-corrected chi connectivity index (χ1v) is 6.01. The number of alkyl halides is 2. The minimum atomic E-state index is -0.707. The first kappa shape index (κ1) is 13.6. The first-order chi connectivity index (χ1) is 7.40. The van der Waals surface area contributed by atoms with Gasteiger partial charge in [-0.3, -0.25) is 9.59 Å². The van der Waals surface area contributed by atoms with Crippen LogP contribution in [-0.2, 0) is 9.59 Å². The lowest BCUT2D eigenvalue weighted by Gasteiger charge is -2.26. The maximum absolute atomic E-state index is 10.1. The van der Waals surface area contributed by atoms with Crippen molar-refractivity contribution in [3.05, 3.63) is 0 Å². The molecule has 0 aromatic carbocycles. The summed E-state index contributed by atoms with van der Waals surface area (Å²) in [5.41, 5.74) is 0. The van der Waals surface area contributed by atoms with E-state index in [1.54, 1.807) is 0 Å². The molecule has 0 unspecified atom stereocenters. The molecule has 0 aromatic heterocycles. The Balaban J connectivity index is 0.000000160. The Labute approximate surface area is 104 Å². The van der Waals surface area contributed by atoms with Crippen LogP contribution in [0.2, 0.25) is 0 Å². The Morgan fingerprint density at radius 2 is 1.06 bits per heavy atom. The van der Waals surface area contributed by atoms with E-state index in [1.807, 2.05) is 0 Å². The van der Waals surface area contributed by atoms with Crippen molar-refractivity contribution in [2.45, 2.75) is 36.4 Å². The molecule has 16 heavy (non-hydrogen) atoms. The van der Waals surface area contributed by atoms with Crippen molar-refractivity contribution in [3.63, 3.8) is 0 Å². The Kier molecular flexibility index (Phi) is 4.87. The quantitative estimate of drug-likeness (QED) is 0.753. The molecular weight excluding hydrogens is 255 g/mol. The average Bonchev–Trinajstić information content (AvgIpc) is 2.08. The number of rotatable bonds is 2. The fourth-order valence-corrected chi connectivity index (χ4v) is 2.36. The van der Waals surface area contributed by atoms with Gasteiger partial charge in [0.1, 0.15) is 0 Å². The summed E-state index contributed by atoms with van der Waals surface area (Å²) < 4.78 is 0. The molecule has 2 aliphatic carbocycles. The van der Waals surface area contributed by atoms with Crippen LogP contribution in [0.25, 0.3) is 0 Å². The molecule has 92 valence electrons. The van der Waals surface area contributed by atoms with Gasteiger partial charge in [0.2, 0.25) is 0 Å². The zero-order valence-electron chi connectivity index (χ0n) is 8.60. The van der Waals surface area contributed by atoms with E-state index in [0.29, 0.717) is 25.7 Å². The van der Waals surface area contributed by atoms with Crippen LogP contribution in [0, 0.1) is 11.8 Å². The van der Waals surface area contributed by atoms with E-state index in [0.717, 1.165) is 0 Å². The van der Waals surface area contributed by atoms with Crippen molar-refractivity contribution >= 4 is 35.1 Å². The lowest BCUT2D eigenvalue weighted by molar-refractivity contribution is -0.145. The van der Waals surface area contributed by atoms with Crippen molar-refractivity contribution in [2.75, 3.05) is 0 Å².